The number of nitrogens with zero attached hydrogens (tertiary/aromatic N) is 2. The highest BCUT2D eigenvalue weighted by atomic mass is 32.1. The first kappa shape index (κ1) is 15.2. The van der Waals surface area contributed by atoms with Gasteiger partial charge in [-0.1, -0.05) is 0 Å². The Bertz CT molecular complexity index is 644. The first-order chi connectivity index (χ1) is 11.3. The molecule has 0 saturated carbocycles. The van der Waals surface area contributed by atoms with Crippen LogP contribution in [0.3, 0.4) is 0 Å². The average molecular weight is 328 g/mol. The highest BCUT2D eigenvalue weighted by molar-refractivity contribution is 7.15. The van der Waals surface area contributed by atoms with Crippen molar-refractivity contribution < 1.29 is 4.74 Å². The summed E-state index contributed by atoms with van der Waals surface area (Å²) in [7, 11) is 1.71. The maximum absolute atomic E-state index is 5.24. The highest BCUT2D eigenvalue weighted by Crippen LogP contribution is 2.31. The number of fused-ring (bicyclic) bond motifs is 4. The van der Waals surface area contributed by atoms with E-state index in [0.29, 0.717) is 0 Å². The quantitative estimate of drug-likeness (QED) is 0.851. The number of hydrogen-bond acceptors (Lipinski definition) is 4. The normalized spacial score (nSPS) is 24.6. The molecular formula is C19H24N2OS. The van der Waals surface area contributed by atoms with Crippen LogP contribution in [-0.2, 0) is 6.54 Å². The summed E-state index contributed by atoms with van der Waals surface area (Å²) >= 11 is 1.93. The van der Waals surface area contributed by atoms with Crippen molar-refractivity contribution in [1.82, 2.24) is 9.80 Å². The van der Waals surface area contributed by atoms with Gasteiger partial charge in [-0.25, -0.2) is 0 Å². The summed E-state index contributed by atoms with van der Waals surface area (Å²) in [6.07, 6.45) is 2.69. The van der Waals surface area contributed by atoms with Crippen LogP contribution in [0.1, 0.15) is 17.7 Å². The number of methoxy groups -OCH3 is 1. The van der Waals surface area contributed by atoms with E-state index in [1.807, 2.05) is 23.5 Å². The van der Waals surface area contributed by atoms with Gasteiger partial charge >= 0.3 is 0 Å². The Balaban J connectivity index is 1.47. The van der Waals surface area contributed by atoms with Gasteiger partial charge in [0.05, 0.1) is 7.11 Å². The predicted octanol–water partition coefficient (Wildman–Crippen LogP) is 3.70. The minimum atomic E-state index is 0.792. The Hall–Kier alpha value is -1.36. The lowest BCUT2D eigenvalue weighted by molar-refractivity contribution is 0.178. The third-order valence-corrected chi connectivity index (χ3v) is 6.29. The number of thiophene rings is 1. The fraction of sp³-hybridized carbons (Fsp3) is 0.474. The summed E-state index contributed by atoms with van der Waals surface area (Å²) in [4.78, 5) is 8.16. The van der Waals surface area contributed by atoms with E-state index in [9.17, 15) is 0 Å². The molecule has 0 spiro atoms. The Labute approximate surface area is 142 Å². The molecule has 4 heterocycles. The lowest BCUT2D eigenvalue weighted by Gasteiger charge is -2.31. The van der Waals surface area contributed by atoms with Crippen molar-refractivity contribution in [2.24, 2.45) is 0 Å². The number of benzene rings is 1. The maximum atomic E-state index is 5.24. The first-order valence-corrected chi connectivity index (χ1v) is 9.33. The third kappa shape index (κ3) is 3.30. The van der Waals surface area contributed by atoms with Crippen LogP contribution in [0.4, 0.5) is 0 Å². The van der Waals surface area contributed by atoms with Crippen LogP contribution < -0.4 is 4.74 Å². The molecule has 3 fully saturated rings. The van der Waals surface area contributed by atoms with Crippen LogP contribution in [0.15, 0.2) is 36.4 Å². The van der Waals surface area contributed by atoms with Crippen molar-refractivity contribution in [3.05, 3.63) is 41.3 Å². The van der Waals surface area contributed by atoms with E-state index in [2.05, 4.69) is 34.1 Å². The molecule has 2 bridgehead atoms. The summed E-state index contributed by atoms with van der Waals surface area (Å²) in [5.41, 5.74) is 1.28. The number of rotatable bonds is 4. The van der Waals surface area contributed by atoms with Gasteiger partial charge in [-0.2, -0.15) is 0 Å². The molecule has 0 amide bonds. The predicted molar refractivity (Wildman–Crippen MR) is 96.2 cm³/mol. The van der Waals surface area contributed by atoms with Crippen LogP contribution in [0.2, 0.25) is 0 Å². The molecule has 1 aromatic heterocycles. The summed E-state index contributed by atoms with van der Waals surface area (Å²) in [5.74, 6) is 0.917. The second kappa shape index (κ2) is 6.63. The molecule has 3 aliphatic rings. The number of piperidine rings is 1. The van der Waals surface area contributed by atoms with Gasteiger partial charge in [0.1, 0.15) is 5.75 Å². The van der Waals surface area contributed by atoms with Crippen molar-refractivity contribution >= 4 is 11.3 Å². The van der Waals surface area contributed by atoms with Crippen LogP contribution >= 0.6 is 11.3 Å². The van der Waals surface area contributed by atoms with Gasteiger partial charge in [0.2, 0.25) is 0 Å². The average Bonchev–Trinajstić information content (AvgIpc) is 2.90. The zero-order chi connectivity index (χ0) is 15.6. The van der Waals surface area contributed by atoms with E-state index in [1.54, 1.807) is 7.11 Å². The molecule has 122 valence electrons. The zero-order valence-electron chi connectivity index (χ0n) is 13.7. The van der Waals surface area contributed by atoms with E-state index < -0.39 is 0 Å². The molecule has 23 heavy (non-hydrogen) atoms. The molecule has 2 aromatic rings. The van der Waals surface area contributed by atoms with Gasteiger partial charge in [-0.3, -0.25) is 4.90 Å². The third-order valence-electron chi connectivity index (χ3n) is 5.17. The standard InChI is InChI=1S/C19H24N2OS/c1-22-17-4-2-15(3-5-17)19-7-6-18(23-19)14-21-13-12-20-10-8-16(21)9-11-20/h2-7,16H,8-14H2,1H3. The van der Waals surface area contributed by atoms with Crippen LogP contribution in [0, 0.1) is 0 Å². The second-order valence-electron chi connectivity index (χ2n) is 6.54. The fourth-order valence-electron chi connectivity index (χ4n) is 3.74. The molecule has 0 aliphatic carbocycles. The van der Waals surface area contributed by atoms with Gasteiger partial charge < -0.3 is 9.64 Å². The summed E-state index contributed by atoms with van der Waals surface area (Å²) < 4.78 is 5.24. The van der Waals surface area contributed by atoms with Gasteiger partial charge in [-0.05, 0) is 67.9 Å². The molecular weight excluding hydrogens is 304 g/mol. The first-order valence-electron chi connectivity index (χ1n) is 8.51. The molecule has 3 saturated heterocycles. The molecule has 4 heteroatoms. The number of hydrogen-bond donors (Lipinski definition) is 0. The molecule has 0 radical (unpaired) electrons. The smallest absolute Gasteiger partial charge is 0.118 e. The van der Waals surface area contributed by atoms with Crippen molar-refractivity contribution in [3.63, 3.8) is 0 Å². The Morgan fingerprint density at radius 1 is 1.00 bits per heavy atom. The van der Waals surface area contributed by atoms with Gasteiger partial charge in [-0.15, -0.1) is 11.3 Å². The fourth-order valence-corrected chi connectivity index (χ4v) is 4.78. The van der Waals surface area contributed by atoms with Crippen molar-refractivity contribution in [2.45, 2.75) is 25.4 Å². The zero-order valence-corrected chi connectivity index (χ0v) is 14.5. The van der Waals surface area contributed by atoms with Gasteiger partial charge in [0, 0.05) is 35.4 Å². The van der Waals surface area contributed by atoms with Gasteiger partial charge in [0.15, 0.2) is 0 Å². The molecule has 1 aromatic carbocycles. The van der Waals surface area contributed by atoms with E-state index in [0.717, 1.165) is 18.3 Å². The van der Waals surface area contributed by atoms with Crippen molar-refractivity contribution in [3.8, 4) is 16.2 Å². The van der Waals surface area contributed by atoms with Crippen LogP contribution in [0.5, 0.6) is 5.75 Å². The number of ether oxygens (including phenoxy) is 1. The summed E-state index contributed by atoms with van der Waals surface area (Å²) in [6.45, 7) is 6.17. The van der Waals surface area contributed by atoms with E-state index in [-0.39, 0.29) is 0 Å². The Morgan fingerprint density at radius 2 is 1.78 bits per heavy atom. The van der Waals surface area contributed by atoms with Crippen LogP contribution in [0.25, 0.3) is 10.4 Å². The van der Waals surface area contributed by atoms with E-state index >= 15 is 0 Å². The van der Waals surface area contributed by atoms with Crippen LogP contribution in [-0.4, -0.2) is 49.1 Å². The topological polar surface area (TPSA) is 15.7 Å². The molecule has 3 aliphatic heterocycles. The molecule has 0 N–H and O–H groups in total. The monoisotopic (exact) mass is 328 g/mol. The molecule has 0 unspecified atom stereocenters. The Morgan fingerprint density at radius 3 is 2.52 bits per heavy atom. The lowest BCUT2D eigenvalue weighted by Crippen LogP contribution is -2.37. The maximum Gasteiger partial charge on any atom is 0.118 e. The van der Waals surface area contributed by atoms with E-state index in [1.165, 1.54) is 54.3 Å². The Kier molecular flexibility index (Phi) is 4.38. The second-order valence-corrected chi connectivity index (χ2v) is 7.71. The van der Waals surface area contributed by atoms with E-state index in [4.69, 9.17) is 4.74 Å². The summed E-state index contributed by atoms with van der Waals surface area (Å²) in [5, 5.41) is 0. The summed E-state index contributed by atoms with van der Waals surface area (Å²) in [6, 6.07) is 13.7. The minimum Gasteiger partial charge on any atom is -0.497 e. The minimum absolute atomic E-state index is 0.792. The SMILES string of the molecule is COc1ccc(-c2ccc(CN3CCN4CCC3CC4)s2)cc1. The van der Waals surface area contributed by atoms with Crippen molar-refractivity contribution in [2.75, 3.05) is 33.3 Å². The lowest BCUT2D eigenvalue weighted by atomic mass is 10.1. The molecule has 3 nitrogen and oxygen atoms in total. The van der Waals surface area contributed by atoms with Gasteiger partial charge in [0.25, 0.3) is 0 Å². The highest BCUT2D eigenvalue weighted by Gasteiger charge is 2.28. The molecule has 0 atom stereocenters. The molecule has 5 rings (SSSR count). The van der Waals surface area contributed by atoms with Crippen molar-refractivity contribution in [1.29, 1.82) is 0 Å². The largest absolute Gasteiger partial charge is 0.497 e.